The zero-order chi connectivity index (χ0) is 33.0. The molecule has 1 fully saturated rings. The van der Waals surface area contributed by atoms with Crippen molar-refractivity contribution in [1.82, 2.24) is 20.1 Å². The normalized spacial score (nSPS) is 15.1. The number of nitrogens with one attached hydrogen (secondary N) is 1. The molecule has 8 nitrogen and oxygen atoms in total. The van der Waals surface area contributed by atoms with Gasteiger partial charge in [0.1, 0.15) is 12.1 Å². The van der Waals surface area contributed by atoms with Gasteiger partial charge in [0.2, 0.25) is 5.91 Å². The first kappa shape index (κ1) is 33.1. The average Bonchev–Trinajstić information content (AvgIpc) is 3.67. The van der Waals surface area contributed by atoms with E-state index in [9.17, 15) is 18.0 Å². The molecule has 4 aromatic rings. The molecular weight excluding hydrogens is 634 g/mol. The van der Waals surface area contributed by atoms with Crippen LogP contribution in [0.4, 0.5) is 18.9 Å². The van der Waals surface area contributed by atoms with E-state index in [-0.39, 0.29) is 22.7 Å². The number of aliphatic imine (C=N–C) groups is 1. The van der Waals surface area contributed by atoms with E-state index in [1.54, 1.807) is 12.0 Å². The molecule has 3 aromatic carbocycles. The number of methoxy groups -OCH3 is 1. The molecule has 46 heavy (non-hydrogen) atoms. The first-order chi connectivity index (χ1) is 21.9. The number of anilines is 1. The Morgan fingerprint density at radius 2 is 1.80 bits per heavy atom. The molecule has 5 rings (SSSR count). The molecule has 1 amide bonds. The van der Waals surface area contributed by atoms with Gasteiger partial charge in [0.15, 0.2) is 16.1 Å². The van der Waals surface area contributed by atoms with Gasteiger partial charge in [0, 0.05) is 18.2 Å². The lowest BCUT2D eigenvalue weighted by atomic mass is 10.00. The highest BCUT2D eigenvalue weighted by molar-refractivity contribution is 8.15. The Kier molecular flexibility index (Phi) is 10.1. The Bertz CT molecular complexity index is 1740. The van der Waals surface area contributed by atoms with Crippen molar-refractivity contribution in [3.8, 4) is 22.8 Å². The van der Waals surface area contributed by atoms with Crippen LogP contribution in [0.5, 0.6) is 5.75 Å². The number of amidine groups is 1. The monoisotopic (exact) mass is 666 g/mol. The van der Waals surface area contributed by atoms with Gasteiger partial charge in [-0.3, -0.25) is 9.69 Å². The maximum absolute atomic E-state index is 13.0. The first-order valence-corrected chi connectivity index (χ1v) is 16.0. The topological polar surface area (TPSA) is 84.6 Å². The van der Waals surface area contributed by atoms with Crippen LogP contribution in [0.3, 0.4) is 0 Å². The predicted octanol–water partition coefficient (Wildman–Crippen LogP) is 7.27. The molecule has 240 valence electrons. The van der Waals surface area contributed by atoms with E-state index in [0.29, 0.717) is 34.9 Å². The molecule has 0 bridgehead atoms. The third-order valence-electron chi connectivity index (χ3n) is 7.37. The van der Waals surface area contributed by atoms with Gasteiger partial charge < -0.3 is 10.1 Å². The number of alkyl halides is 3. The van der Waals surface area contributed by atoms with E-state index in [1.165, 1.54) is 34.9 Å². The molecule has 0 saturated carbocycles. The number of aromatic nitrogens is 3. The van der Waals surface area contributed by atoms with Crippen LogP contribution in [0.2, 0.25) is 0 Å². The lowest BCUT2D eigenvalue weighted by Crippen LogP contribution is -2.32. The van der Waals surface area contributed by atoms with Crippen molar-refractivity contribution < 1.29 is 22.7 Å². The van der Waals surface area contributed by atoms with E-state index >= 15 is 0 Å². The molecule has 13 heteroatoms. The molecule has 0 radical (unpaired) electrons. The summed E-state index contributed by atoms with van der Waals surface area (Å²) in [6.45, 7) is 6.85. The van der Waals surface area contributed by atoms with Crippen LogP contribution in [0.25, 0.3) is 17.1 Å². The molecule has 1 aliphatic heterocycles. The van der Waals surface area contributed by atoms with Crippen molar-refractivity contribution in [2.75, 3.05) is 24.3 Å². The SMILES string of the molecule is COc1ccc(CC(C)C)c(N2C(=O)CSC2=NC(=S)NCC(C)c2ccc(-c3ncn(-c4ccc(C(F)(F)F)cc4)n3)cc2)c1. The molecule has 1 atom stereocenters. The smallest absolute Gasteiger partial charge is 0.416 e. The number of ether oxygens (including phenoxy) is 1. The zero-order valence-corrected chi connectivity index (χ0v) is 27.3. The predicted molar refractivity (Wildman–Crippen MR) is 180 cm³/mol. The van der Waals surface area contributed by atoms with Gasteiger partial charge in [-0.25, -0.2) is 9.67 Å². The number of carbonyl (C=O) groups is 1. The Morgan fingerprint density at radius 3 is 2.46 bits per heavy atom. The highest BCUT2D eigenvalue weighted by Gasteiger charge is 2.32. The Labute approximate surface area is 275 Å². The molecular formula is C33H33F3N6O2S2. The van der Waals surface area contributed by atoms with Crippen molar-refractivity contribution in [3.05, 3.63) is 89.7 Å². The molecule has 1 unspecified atom stereocenters. The average molecular weight is 667 g/mol. The number of nitrogens with zero attached hydrogens (tertiary/aromatic N) is 5. The minimum atomic E-state index is -4.40. The number of thioether (sulfide) groups is 1. The largest absolute Gasteiger partial charge is 0.497 e. The summed E-state index contributed by atoms with van der Waals surface area (Å²) in [7, 11) is 1.60. The molecule has 1 saturated heterocycles. The van der Waals surface area contributed by atoms with Crippen LogP contribution in [-0.4, -0.2) is 50.4 Å². The van der Waals surface area contributed by atoms with Crippen molar-refractivity contribution in [2.45, 2.75) is 39.3 Å². The third kappa shape index (κ3) is 7.76. The number of rotatable bonds is 9. The van der Waals surface area contributed by atoms with Crippen molar-refractivity contribution in [2.24, 2.45) is 10.9 Å². The minimum absolute atomic E-state index is 0.0584. The lowest BCUT2D eigenvalue weighted by molar-refractivity contribution is -0.137. The van der Waals surface area contributed by atoms with Crippen LogP contribution in [0.15, 0.2) is 78.0 Å². The highest BCUT2D eigenvalue weighted by Crippen LogP contribution is 2.34. The fraction of sp³-hybridized carbons (Fsp3) is 0.303. The number of thiocarbonyl (C=S) groups is 1. The van der Waals surface area contributed by atoms with Crippen LogP contribution in [-0.2, 0) is 17.4 Å². The molecule has 1 N–H and O–H groups in total. The van der Waals surface area contributed by atoms with E-state index < -0.39 is 11.7 Å². The van der Waals surface area contributed by atoms with Crippen molar-refractivity contribution in [1.29, 1.82) is 0 Å². The second-order valence-corrected chi connectivity index (χ2v) is 12.6. The van der Waals surface area contributed by atoms with E-state index in [1.807, 2.05) is 42.5 Å². The third-order valence-corrected chi connectivity index (χ3v) is 8.53. The summed E-state index contributed by atoms with van der Waals surface area (Å²) in [4.78, 5) is 23.5. The molecule has 2 heterocycles. The Morgan fingerprint density at radius 1 is 1.09 bits per heavy atom. The number of benzene rings is 3. The molecule has 0 aliphatic carbocycles. The van der Waals surface area contributed by atoms with E-state index in [4.69, 9.17) is 17.0 Å². The Balaban J connectivity index is 1.22. The maximum atomic E-state index is 13.0. The van der Waals surface area contributed by atoms with Gasteiger partial charge in [0.05, 0.1) is 29.8 Å². The van der Waals surface area contributed by atoms with Crippen LogP contribution < -0.4 is 15.0 Å². The van der Waals surface area contributed by atoms with Gasteiger partial charge in [-0.05, 0) is 71.9 Å². The van der Waals surface area contributed by atoms with Crippen LogP contribution >= 0.6 is 24.0 Å². The summed E-state index contributed by atoms with van der Waals surface area (Å²) in [5, 5.41) is 8.46. The van der Waals surface area contributed by atoms with Gasteiger partial charge in [-0.1, -0.05) is 62.9 Å². The first-order valence-electron chi connectivity index (χ1n) is 14.6. The fourth-order valence-corrected chi connectivity index (χ4v) is 6.04. The summed E-state index contributed by atoms with van der Waals surface area (Å²) in [6.07, 6.45) is -2.13. The quantitative estimate of drug-likeness (QED) is 0.188. The molecule has 0 spiro atoms. The van der Waals surface area contributed by atoms with Crippen LogP contribution in [0, 0.1) is 5.92 Å². The lowest BCUT2D eigenvalue weighted by Gasteiger charge is -2.22. The van der Waals surface area contributed by atoms with Gasteiger partial charge in [-0.15, -0.1) is 5.10 Å². The summed E-state index contributed by atoms with van der Waals surface area (Å²) in [5.41, 5.74) is 3.38. The van der Waals surface area contributed by atoms with E-state index in [0.717, 1.165) is 40.9 Å². The van der Waals surface area contributed by atoms with Crippen molar-refractivity contribution >= 4 is 45.9 Å². The second kappa shape index (κ2) is 14.0. The number of halogens is 3. The summed E-state index contributed by atoms with van der Waals surface area (Å²) < 4.78 is 45.5. The van der Waals surface area contributed by atoms with E-state index in [2.05, 4.69) is 41.2 Å². The second-order valence-electron chi connectivity index (χ2n) is 11.3. The van der Waals surface area contributed by atoms with Crippen LogP contribution in [0.1, 0.15) is 43.4 Å². The summed E-state index contributed by atoms with van der Waals surface area (Å²) in [6, 6.07) is 18.3. The zero-order valence-electron chi connectivity index (χ0n) is 25.7. The summed E-state index contributed by atoms with van der Waals surface area (Å²) in [5.74, 6) is 1.81. The standard InChI is InChI=1S/C33H33F3N6O2S2/c1-20(2)15-24-9-14-27(44-4)16-28(24)42-29(43)18-46-32(42)39-31(45)37-17-21(3)22-5-7-23(8-6-22)30-38-19-41(40-30)26-12-10-25(11-13-26)33(34,35)36/h5-14,16,19-21H,15,17-18H2,1-4H3,(H,37,45). The molecule has 1 aromatic heterocycles. The number of carbonyl (C=O) groups excluding carboxylic acids is 1. The minimum Gasteiger partial charge on any atom is -0.497 e. The number of hydrogen-bond donors (Lipinski definition) is 1. The van der Waals surface area contributed by atoms with Gasteiger partial charge >= 0.3 is 6.18 Å². The number of amides is 1. The maximum Gasteiger partial charge on any atom is 0.416 e. The van der Waals surface area contributed by atoms with Gasteiger partial charge in [0.25, 0.3) is 0 Å². The van der Waals surface area contributed by atoms with Gasteiger partial charge in [-0.2, -0.15) is 18.2 Å². The number of hydrogen-bond acceptors (Lipinski definition) is 6. The molecule has 1 aliphatic rings. The van der Waals surface area contributed by atoms with Crippen molar-refractivity contribution in [3.63, 3.8) is 0 Å². The highest BCUT2D eigenvalue weighted by atomic mass is 32.2. The Hall–Kier alpha value is -4.23. The summed E-state index contributed by atoms with van der Waals surface area (Å²) >= 11 is 6.91. The fourth-order valence-electron chi connectivity index (χ4n) is 4.94.